The Kier molecular flexibility index (Phi) is 8.49. The number of ether oxygens (including phenoxy) is 1. The van der Waals surface area contributed by atoms with Gasteiger partial charge in [-0.3, -0.25) is 4.99 Å². The van der Waals surface area contributed by atoms with Crippen molar-refractivity contribution in [1.29, 1.82) is 0 Å². The van der Waals surface area contributed by atoms with E-state index in [1.54, 1.807) is 0 Å². The molecule has 0 aliphatic carbocycles. The van der Waals surface area contributed by atoms with Crippen LogP contribution in [0.25, 0.3) is 11.2 Å². The molecule has 0 unspecified atom stereocenters. The van der Waals surface area contributed by atoms with Gasteiger partial charge in [-0.2, -0.15) is 0 Å². The summed E-state index contributed by atoms with van der Waals surface area (Å²) in [5.74, 6) is -1.58. The summed E-state index contributed by atoms with van der Waals surface area (Å²) in [6.45, 7) is 2.34. The minimum atomic E-state index is -1.98. The number of guanidine groups is 1. The third-order valence-corrected chi connectivity index (χ3v) is 4.65. The van der Waals surface area contributed by atoms with Crippen LogP contribution in [0.5, 0.6) is 0 Å². The Balaban J connectivity index is 2.45. The van der Waals surface area contributed by atoms with Gasteiger partial charge in [0.05, 0.1) is 19.1 Å². The number of unbranched alkanes of at least 4 members (excludes halogenated alkanes) is 2. The highest BCUT2D eigenvalue weighted by Gasteiger charge is 2.51. The number of nitrogens with one attached hydrogen (secondary N) is 2. The molecule has 7 N–H and O–H groups in total. The lowest BCUT2D eigenvalue weighted by atomic mass is 9.91. The molecule has 0 saturated carbocycles. The van der Waals surface area contributed by atoms with Crippen LogP contribution in [-0.4, -0.2) is 68.3 Å². The highest BCUT2D eigenvalue weighted by Crippen LogP contribution is 2.32. The molecular weight excluding hydrogens is 406 g/mol. The minimum Gasteiger partial charge on any atom is -0.479 e. The molecule has 2 heterocycles. The van der Waals surface area contributed by atoms with Crippen LogP contribution in [0.3, 0.4) is 0 Å². The number of nitrogens with two attached hydrogens (primary N) is 2. The van der Waals surface area contributed by atoms with Crippen LogP contribution in [0.2, 0.25) is 0 Å². The number of nitrogens with zero attached hydrogens (tertiary/aromatic N) is 5. The fourth-order valence-corrected chi connectivity index (χ4v) is 3.11. The fourth-order valence-electron chi connectivity index (χ4n) is 3.11. The van der Waals surface area contributed by atoms with Crippen molar-refractivity contribution in [3.63, 3.8) is 0 Å². The third-order valence-electron chi connectivity index (χ3n) is 4.65. The molecule has 2 rings (SSSR count). The van der Waals surface area contributed by atoms with E-state index in [1.807, 2.05) is 6.92 Å². The van der Waals surface area contributed by atoms with Crippen molar-refractivity contribution in [3.05, 3.63) is 18.3 Å². The van der Waals surface area contributed by atoms with E-state index >= 15 is 0 Å². The summed E-state index contributed by atoms with van der Waals surface area (Å²) in [7, 11) is 1.42. The van der Waals surface area contributed by atoms with Crippen LogP contribution >= 0.6 is 0 Å². The molecule has 0 fully saturated rings. The van der Waals surface area contributed by atoms with Crippen molar-refractivity contribution in [2.24, 2.45) is 16.5 Å². The molecular formula is C18H29N9O4. The van der Waals surface area contributed by atoms with Crippen molar-refractivity contribution in [3.8, 4) is 0 Å². The predicted octanol–water partition coefficient (Wildman–Crippen LogP) is 0.450. The Bertz CT molecular complexity index is 912. The second kappa shape index (κ2) is 11.1. The Hall–Kier alpha value is -3.48. The van der Waals surface area contributed by atoms with Gasteiger partial charge < -0.3 is 26.3 Å². The molecule has 0 saturated heterocycles. The van der Waals surface area contributed by atoms with Gasteiger partial charge in [0.25, 0.3) is 0 Å². The lowest BCUT2D eigenvalue weighted by Gasteiger charge is -2.37. The number of amides is 1. The number of fused-ring (bicyclic) bond motifs is 1. The van der Waals surface area contributed by atoms with E-state index in [-0.39, 0.29) is 43.4 Å². The first-order valence-corrected chi connectivity index (χ1v) is 9.96. The molecule has 0 aromatic carbocycles. The van der Waals surface area contributed by atoms with E-state index < -0.39 is 17.6 Å². The van der Waals surface area contributed by atoms with E-state index in [2.05, 4.69) is 30.4 Å². The van der Waals surface area contributed by atoms with Gasteiger partial charge in [0.1, 0.15) is 5.52 Å². The van der Waals surface area contributed by atoms with Gasteiger partial charge in [-0.15, -0.1) is 0 Å². The number of aliphatic carboxylic acids is 1. The molecule has 31 heavy (non-hydrogen) atoms. The van der Waals surface area contributed by atoms with Gasteiger partial charge in [0.2, 0.25) is 5.54 Å². The number of imidazole rings is 1. The molecule has 0 spiro atoms. The third kappa shape index (κ3) is 5.57. The predicted molar refractivity (Wildman–Crippen MR) is 113 cm³/mol. The van der Waals surface area contributed by atoms with Crippen molar-refractivity contribution in [2.45, 2.75) is 44.6 Å². The molecule has 0 radical (unpaired) electrons. The lowest BCUT2D eigenvalue weighted by molar-refractivity contribution is -0.155. The number of hydrogen-bond acceptors (Lipinski definition) is 8. The maximum Gasteiger partial charge on any atom is 0.425 e. The Morgan fingerprint density at radius 3 is 2.74 bits per heavy atom. The number of carboxylic acid groups (broad SMARTS) is 1. The van der Waals surface area contributed by atoms with E-state index in [0.29, 0.717) is 11.9 Å². The maximum absolute atomic E-state index is 12.8. The summed E-state index contributed by atoms with van der Waals surface area (Å²) in [4.78, 5) is 44.8. The van der Waals surface area contributed by atoms with Crippen LogP contribution in [0.1, 0.15) is 44.9 Å². The van der Waals surface area contributed by atoms with Gasteiger partial charge in [-0.1, -0.05) is 19.8 Å². The second-order valence-electron chi connectivity index (χ2n) is 6.79. The van der Waals surface area contributed by atoms with Crippen LogP contribution in [-0.2, 0) is 15.1 Å². The van der Waals surface area contributed by atoms with Gasteiger partial charge >= 0.3 is 12.1 Å². The number of aromatic amines is 1. The molecule has 170 valence electrons. The monoisotopic (exact) mass is 435 g/mol. The molecule has 2 aromatic heterocycles. The van der Waals surface area contributed by atoms with Crippen LogP contribution in [0.4, 0.5) is 4.79 Å². The zero-order valence-corrected chi connectivity index (χ0v) is 17.7. The molecule has 0 aliphatic heterocycles. The summed E-state index contributed by atoms with van der Waals surface area (Å²) in [6, 6.07) is 0. The molecule has 0 bridgehead atoms. The Morgan fingerprint density at radius 2 is 2.10 bits per heavy atom. The molecule has 2 aromatic rings. The number of rotatable bonds is 12. The smallest absolute Gasteiger partial charge is 0.425 e. The van der Waals surface area contributed by atoms with Crippen molar-refractivity contribution >= 4 is 29.2 Å². The number of aromatic nitrogens is 4. The topological polar surface area (TPSA) is 198 Å². The zero-order chi connectivity index (χ0) is 22.9. The summed E-state index contributed by atoms with van der Waals surface area (Å²) >= 11 is 0. The van der Waals surface area contributed by atoms with Crippen molar-refractivity contribution in [1.82, 2.24) is 30.4 Å². The van der Waals surface area contributed by atoms with E-state index in [4.69, 9.17) is 16.2 Å². The van der Waals surface area contributed by atoms with Crippen molar-refractivity contribution in [2.75, 3.05) is 20.2 Å². The van der Waals surface area contributed by atoms with Crippen LogP contribution < -0.4 is 16.9 Å². The molecule has 1 atom stereocenters. The summed E-state index contributed by atoms with van der Waals surface area (Å²) in [6.07, 6.45) is 4.63. The van der Waals surface area contributed by atoms with Gasteiger partial charge in [-0.25, -0.2) is 35.0 Å². The maximum atomic E-state index is 12.8. The number of carbonyl (C=O) groups excluding carboxylic acids is 1. The fraction of sp³-hybridized carbons (Fsp3) is 0.556. The Morgan fingerprint density at radius 1 is 1.32 bits per heavy atom. The SMILES string of the molecule is CCCCCOC(=O)N(NC)[C@](CCCN=C(N)N)(C(=O)O)c1ncc2[nH]cnc2n1. The average molecular weight is 435 g/mol. The largest absolute Gasteiger partial charge is 0.479 e. The number of aliphatic imine (C=N–C) groups is 1. The molecule has 1 amide bonds. The highest BCUT2D eigenvalue weighted by atomic mass is 16.6. The minimum absolute atomic E-state index is 0.0834. The summed E-state index contributed by atoms with van der Waals surface area (Å²) in [5, 5.41) is 11.2. The first-order valence-electron chi connectivity index (χ1n) is 9.96. The standard InChI is InChI=1S/C18H29N9O4/c1-3-4-5-9-31-17(30)27(21-2)18(15(28)29,7-6-8-22-16(19)20)14-23-10-12-13(26-14)25-11-24-12/h10-11,21H,3-9H2,1-2H3,(H,28,29)(H4,19,20,22)(H,23,24,25,26)/t18-/m0/s1. The molecule has 0 aliphatic rings. The molecule has 13 heteroatoms. The lowest BCUT2D eigenvalue weighted by Crippen LogP contribution is -2.60. The Labute approximate surface area is 179 Å². The molecule has 13 nitrogen and oxygen atoms in total. The van der Waals surface area contributed by atoms with Crippen LogP contribution in [0, 0.1) is 0 Å². The van der Waals surface area contributed by atoms with E-state index in [0.717, 1.165) is 17.9 Å². The highest BCUT2D eigenvalue weighted by molar-refractivity contribution is 5.85. The summed E-state index contributed by atoms with van der Waals surface area (Å²) < 4.78 is 5.31. The van der Waals surface area contributed by atoms with E-state index in [1.165, 1.54) is 19.6 Å². The first-order chi connectivity index (χ1) is 14.9. The summed E-state index contributed by atoms with van der Waals surface area (Å²) in [5.41, 5.74) is 12.2. The number of carbonyl (C=O) groups is 2. The number of carboxylic acids is 1. The normalized spacial score (nSPS) is 12.8. The van der Waals surface area contributed by atoms with Gasteiger partial charge in [-0.05, 0) is 19.3 Å². The van der Waals surface area contributed by atoms with Gasteiger partial charge in [0.15, 0.2) is 17.4 Å². The average Bonchev–Trinajstić information content (AvgIpc) is 3.21. The number of hydrazine groups is 1. The first kappa shape index (κ1) is 23.8. The van der Waals surface area contributed by atoms with Gasteiger partial charge in [0, 0.05) is 13.6 Å². The number of hydrogen-bond donors (Lipinski definition) is 5. The van der Waals surface area contributed by atoms with E-state index in [9.17, 15) is 14.7 Å². The quantitative estimate of drug-likeness (QED) is 0.135. The zero-order valence-electron chi connectivity index (χ0n) is 17.7. The van der Waals surface area contributed by atoms with Crippen LogP contribution in [0.15, 0.2) is 17.5 Å². The van der Waals surface area contributed by atoms with Crippen molar-refractivity contribution < 1.29 is 19.4 Å². The second-order valence-corrected chi connectivity index (χ2v) is 6.79. The number of H-pyrrole nitrogens is 1.